The molecule has 1 radical (unpaired) electrons. The van der Waals surface area contributed by atoms with Gasteiger partial charge in [0.15, 0.2) is 0 Å². The van der Waals surface area contributed by atoms with Gasteiger partial charge in [0.1, 0.15) is 7.11 Å². The van der Waals surface area contributed by atoms with E-state index >= 15 is 0 Å². The molecule has 0 aromatic carbocycles. The van der Waals surface area contributed by atoms with E-state index in [1.165, 1.54) is 7.11 Å². The molecule has 0 saturated carbocycles. The summed E-state index contributed by atoms with van der Waals surface area (Å²) in [6.45, 7) is 1.88. The summed E-state index contributed by atoms with van der Waals surface area (Å²) in [5.41, 5.74) is 0. The van der Waals surface area contributed by atoms with Crippen molar-refractivity contribution >= 4 is 6.21 Å². The van der Waals surface area contributed by atoms with E-state index in [2.05, 4.69) is 9.99 Å². The molecule has 0 aliphatic carbocycles. The van der Waals surface area contributed by atoms with Crippen molar-refractivity contribution in [1.29, 1.82) is 0 Å². The molecule has 0 heterocycles. The van der Waals surface area contributed by atoms with Crippen LogP contribution >= 0.6 is 0 Å². The van der Waals surface area contributed by atoms with Gasteiger partial charge in [-0.3, -0.25) is 0 Å². The SMILES string of the molecule is C[CH]/C=N\OC. The molecule has 0 aromatic heterocycles. The third kappa shape index (κ3) is 3.47. The van der Waals surface area contributed by atoms with Crippen molar-refractivity contribution < 1.29 is 4.84 Å². The first-order chi connectivity index (χ1) is 2.91. The van der Waals surface area contributed by atoms with Crippen molar-refractivity contribution in [2.24, 2.45) is 5.16 Å². The van der Waals surface area contributed by atoms with Crippen molar-refractivity contribution in [2.75, 3.05) is 7.11 Å². The molecule has 0 atom stereocenters. The highest BCUT2D eigenvalue weighted by Crippen LogP contribution is 1.65. The average Bonchev–Trinajstić information content (AvgIpc) is 1.61. The van der Waals surface area contributed by atoms with Gasteiger partial charge in [0, 0.05) is 12.6 Å². The highest BCUT2D eigenvalue weighted by molar-refractivity contribution is 5.65. The van der Waals surface area contributed by atoms with Crippen molar-refractivity contribution in [3.63, 3.8) is 0 Å². The molecule has 0 aliphatic rings. The lowest BCUT2D eigenvalue weighted by Gasteiger charge is -1.78. The number of hydrogen-bond acceptors (Lipinski definition) is 2. The Morgan fingerprint density at radius 1 is 1.67 bits per heavy atom. The Balaban J connectivity index is 2.73. The Kier molecular flexibility index (Phi) is 4.08. The summed E-state index contributed by atoms with van der Waals surface area (Å²) in [4.78, 5) is 4.32. The van der Waals surface area contributed by atoms with Crippen LogP contribution in [0.4, 0.5) is 0 Å². The number of hydrogen-bond donors (Lipinski definition) is 0. The van der Waals surface area contributed by atoms with Crippen LogP contribution in [0.1, 0.15) is 6.92 Å². The maximum Gasteiger partial charge on any atom is 0.106 e. The van der Waals surface area contributed by atoms with Crippen LogP contribution in [0.15, 0.2) is 5.16 Å². The molecule has 0 aliphatic heterocycles. The highest BCUT2D eigenvalue weighted by atomic mass is 16.6. The zero-order chi connectivity index (χ0) is 4.83. The van der Waals surface area contributed by atoms with Gasteiger partial charge in [-0.2, -0.15) is 0 Å². The summed E-state index contributed by atoms with van der Waals surface area (Å²) in [5, 5.41) is 3.41. The van der Waals surface area contributed by atoms with Crippen LogP contribution in [-0.4, -0.2) is 13.3 Å². The quantitative estimate of drug-likeness (QED) is 0.360. The van der Waals surface area contributed by atoms with E-state index in [1.54, 1.807) is 12.6 Å². The minimum Gasteiger partial charge on any atom is -0.399 e. The molecule has 0 rings (SSSR count). The van der Waals surface area contributed by atoms with E-state index in [0.29, 0.717) is 0 Å². The zero-order valence-electron chi connectivity index (χ0n) is 4.01. The molecule has 0 saturated heterocycles. The average molecular weight is 86.1 g/mol. The van der Waals surface area contributed by atoms with Gasteiger partial charge in [-0.25, -0.2) is 0 Å². The van der Waals surface area contributed by atoms with E-state index in [0.717, 1.165) is 0 Å². The molecule has 0 fully saturated rings. The maximum atomic E-state index is 4.32. The maximum absolute atomic E-state index is 4.32. The first kappa shape index (κ1) is 5.47. The highest BCUT2D eigenvalue weighted by Gasteiger charge is 1.60. The van der Waals surface area contributed by atoms with Gasteiger partial charge in [-0.05, 0) is 0 Å². The lowest BCUT2D eigenvalue weighted by molar-refractivity contribution is 0.215. The number of nitrogens with zero attached hydrogens (tertiary/aromatic N) is 1. The van der Waals surface area contributed by atoms with Crippen LogP contribution in [0, 0.1) is 6.42 Å². The van der Waals surface area contributed by atoms with Crippen LogP contribution in [0.5, 0.6) is 0 Å². The van der Waals surface area contributed by atoms with Gasteiger partial charge >= 0.3 is 0 Å². The molecule has 0 aromatic rings. The summed E-state index contributed by atoms with van der Waals surface area (Å²) in [5.74, 6) is 0. The molecule has 0 bridgehead atoms. The van der Waals surface area contributed by atoms with Crippen molar-refractivity contribution in [1.82, 2.24) is 0 Å². The Bertz CT molecular complexity index is 36.8. The molecule has 2 nitrogen and oxygen atoms in total. The van der Waals surface area contributed by atoms with Crippen LogP contribution in [-0.2, 0) is 4.84 Å². The van der Waals surface area contributed by atoms with E-state index in [9.17, 15) is 0 Å². The van der Waals surface area contributed by atoms with Crippen LogP contribution in [0.25, 0.3) is 0 Å². The molecule has 0 spiro atoms. The normalized spacial score (nSPS) is 9.67. The molecule has 6 heavy (non-hydrogen) atoms. The van der Waals surface area contributed by atoms with E-state index in [1.807, 2.05) is 6.92 Å². The van der Waals surface area contributed by atoms with E-state index in [-0.39, 0.29) is 0 Å². The van der Waals surface area contributed by atoms with Gasteiger partial charge in [0.2, 0.25) is 0 Å². The van der Waals surface area contributed by atoms with Crippen LogP contribution < -0.4 is 0 Å². The molecule has 0 N–H and O–H groups in total. The fraction of sp³-hybridized carbons (Fsp3) is 0.500. The van der Waals surface area contributed by atoms with Gasteiger partial charge in [-0.15, -0.1) is 0 Å². The first-order valence-corrected chi connectivity index (χ1v) is 1.76. The van der Waals surface area contributed by atoms with Crippen LogP contribution in [0.3, 0.4) is 0 Å². The van der Waals surface area contributed by atoms with Crippen molar-refractivity contribution in [2.45, 2.75) is 6.92 Å². The topological polar surface area (TPSA) is 21.6 Å². The Hall–Kier alpha value is -0.530. The van der Waals surface area contributed by atoms with E-state index in [4.69, 9.17) is 0 Å². The summed E-state index contributed by atoms with van der Waals surface area (Å²) in [7, 11) is 1.51. The monoisotopic (exact) mass is 86.1 g/mol. The third-order valence-electron chi connectivity index (χ3n) is 0.315. The van der Waals surface area contributed by atoms with Gasteiger partial charge in [-0.1, -0.05) is 12.1 Å². The van der Waals surface area contributed by atoms with Crippen molar-refractivity contribution in [3.8, 4) is 0 Å². The predicted octanol–water partition coefficient (Wildman–Crippen LogP) is 0.843. The molecule has 2 heteroatoms. The van der Waals surface area contributed by atoms with Crippen LogP contribution in [0.2, 0.25) is 0 Å². The summed E-state index contributed by atoms with van der Waals surface area (Å²) in [6.07, 6.45) is 3.38. The minimum absolute atomic E-state index is 1.51. The Morgan fingerprint density at radius 3 is 2.50 bits per heavy atom. The lowest BCUT2D eigenvalue weighted by atomic mass is 10.6. The second-order valence-corrected chi connectivity index (χ2v) is 0.770. The lowest BCUT2D eigenvalue weighted by Crippen LogP contribution is -1.69. The molecular weight excluding hydrogens is 78.0 g/mol. The summed E-state index contributed by atoms with van der Waals surface area (Å²) >= 11 is 0. The Morgan fingerprint density at radius 2 is 2.33 bits per heavy atom. The first-order valence-electron chi connectivity index (χ1n) is 1.76. The van der Waals surface area contributed by atoms with Gasteiger partial charge < -0.3 is 4.84 Å². The van der Waals surface area contributed by atoms with Gasteiger partial charge in [0.25, 0.3) is 0 Å². The standard InChI is InChI=1S/C4H8NO/c1-3-4-5-6-2/h3-4H,1-2H3/b5-4-. The predicted molar refractivity (Wildman–Crippen MR) is 25.5 cm³/mol. The fourth-order valence-electron chi connectivity index (χ4n) is 0.122. The molecular formula is C4H8NO. The molecule has 35 valence electrons. The third-order valence-corrected chi connectivity index (χ3v) is 0.315. The summed E-state index contributed by atoms with van der Waals surface area (Å²) in [6, 6.07) is 0. The number of rotatable bonds is 2. The largest absolute Gasteiger partial charge is 0.399 e. The van der Waals surface area contributed by atoms with Gasteiger partial charge in [0.05, 0.1) is 0 Å². The minimum atomic E-state index is 1.51. The fourth-order valence-corrected chi connectivity index (χ4v) is 0.122. The Labute approximate surface area is 37.8 Å². The zero-order valence-corrected chi connectivity index (χ0v) is 4.01. The van der Waals surface area contributed by atoms with E-state index < -0.39 is 0 Å². The molecule has 0 amide bonds. The number of oxime groups is 1. The van der Waals surface area contributed by atoms with Crippen molar-refractivity contribution in [3.05, 3.63) is 6.42 Å². The smallest absolute Gasteiger partial charge is 0.106 e. The summed E-state index contributed by atoms with van der Waals surface area (Å²) < 4.78 is 0. The molecule has 0 unspecified atom stereocenters. The second kappa shape index (κ2) is 4.47. The second-order valence-electron chi connectivity index (χ2n) is 0.770.